The Kier molecular flexibility index (Phi) is 13.1. The number of amides is 2. The summed E-state index contributed by atoms with van der Waals surface area (Å²) >= 11 is 1.60. The first-order valence-corrected chi connectivity index (χ1v) is 19.8. The van der Waals surface area contributed by atoms with Gasteiger partial charge in [-0.2, -0.15) is 0 Å². The third-order valence-electron chi connectivity index (χ3n) is 9.15. The van der Waals surface area contributed by atoms with E-state index in [4.69, 9.17) is 18.9 Å². The van der Waals surface area contributed by atoms with E-state index in [9.17, 15) is 19.2 Å². The molecule has 0 N–H and O–H groups in total. The normalized spacial score (nSPS) is 19.5. The van der Waals surface area contributed by atoms with Gasteiger partial charge in [0.05, 0.1) is 11.8 Å². The van der Waals surface area contributed by atoms with Gasteiger partial charge in [-0.05, 0) is 149 Å². The van der Waals surface area contributed by atoms with E-state index in [-0.39, 0.29) is 36.0 Å². The quantitative estimate of drug-likeness (QED) is 0.184. The number of carbonyl (C=O) groups is 4. The lowest BCUT2D eigenvalue weighted by Crippen LogP contribution is -2.38. The third-order valence-corrected chi connectivity index (χ3v) is 10.1. The van der Waals surface area contributed by atoms with Gasteiger partial charge in [0.15, 0.2) is 0 Å². The highest BCUT2D eigenvalue weighted by Gasteiger charge is 2.41. The van der Waals surface area contributed by atoms with Crippen LogP contribution in [0.4, 0.5) is 9.59 Å². The molecular formula is C42H62N2O8S. The summed E-state index contributed by atoms with van der Waals surface area (Å²) in [6, 6.07) is 10.3. The smallest absolute Gasteiger partial charge is 0.410 e. The predicted molar refractivity (Wildman–Crippen MR) is 208 cm³/mol. The number of rotatable bonds is 9. The third kappa shape index (κ3) is 12.8. The average Bonchev–Trinajstić information content (AvgIpc) is 3.76. The van der Waals surface area contributed by atoms with Crippen LogP contribution in [0.25, 0.3) is 11.1 Å². The van der Waals surface area contributed by atoms with Gasteiger partial charge in [0, 0.05) is 31.1 Å². The van der Waals surface area contributed by atoms with Crippen LogP contribution in [0.2, 0.25) is 0 Å². The van der Waals surface area contributed by atoms with Crippen molar-refractivity contribution in [2.45, 2.75) is 131 Å². The molecule has 0 aliphatic carbocycles. The maximum absolute atomic E-state index is 13.8. The molecule has 2 aromatic rings. The van der Waals surface area contributed by atoms with Crippen LogP contribution >= 0.6 is 11.3 Å². The Morgan fingerprint density at radius 3 is 1.57 bits per heavy atom. The second kappa shape index (κ2) is 16.4. The van der Waals surface area contributed by atoms with E-state index in [1.54, 1.807) is 21.1 Å². The van der Waals surface area contributed by atoms with Gasteiger partial charge in [-0.25, -0.2) is 9.59 Å². The first kappa shape index (κ1) is 42.1. The fraction of sp³-hybridized carbons (Fsp3) is 0.667. The second-order valence-corrected chi connectivity index (χ2v) is 19.6. The Morgan fingerprint density at radius 1 is 0.660 bits per heavy atom. The van der Waals surface area contributed by atoms with E-state index in [0.717, 1.165) is 21.6 Å². The monoisotopic (exact) mass is 754 g/mol. The molecule has 0 saturated carbocycles. The number of likely N-dealkylation sites (tertiary alicyclic amines) is 2. The fourth-order valence-corrected chi connectivity index (χ4v) is 7.89. The lowest BCUT2D eigenvalue weighted by molar-refractivity contribution is -0.163. The molecule has 2 unspecified atom stereocenters. The Bertz CT molecular complexity index is 1610. The maximum Gasteiger partial charge on any atom is 0.410 e. The second-order valence-electron chi connectivity index (χ2n) is 18.6. The molecular weight excluding hydrogens is 693 g/mol. The van der Waals surface area contributed by atoms with Crippen LogP contribution in [0, 0.1) is 23.7 Å². The van der Waals surface area contributed by atoms with Crippen molar-refractivity contribution in [2.75, 3.05) is 26.2 Å². The summed E-state index contributed by atoms with van der Waals surface area (Å²) in [7, 11) is 0. The van der Waals surface area contributed by atoms with Gasteiger partial charge in [-0.15, -0.1) is 11.3 Å². The summed E-state index contributed by atoms with van der Waals surface area (Å²) in [5, 5.41) is 2.04. The summed E-state index contributed by atoms with van der Waals surface area (Å²) in [4.78, 5) is 57.8. The highest BCUT2D eigenvalue weighted by Crippen LogP contribution is 2.37. The van der Waals surface area contributed by atoms with Crippen molar-refractivity contribution in [1.29, 1.82) is 0 Å². The zero-order valence-corrected chi connectivity index (χ0v) is 34.8. The molecule has 0 bridgehead atoms. The summed E-state index contributed by atoms with van der Waals surface area (Å²) in [5.41, 5.74) is 0.486. The standard InChI is InChI=1S/C42H62N2O8S/c1-39(2,3)49-35(45)32(29-16-19-43(25-29)37(47)51-41(7,8)9)23-27-14-13-15-28(22-27)31-18-21-53-34(31)24-33(36(46)50-40(4,5)6)30-17-20-44(26-30)38(48)52-42(10,11)12/h13-15,18,21-22,29-30,32-33H,16-17,19-20,23-26H2,1-12H3/t29-,30-,32?,33?/m0/s1. The fourth-order valence-electron chi connectivity index (χ4n) is 6.93. The summed E-state index contributed by atoms with van der Waals surface area (Å²) in [6.07, 6.45) is 1.56. The molecule has 3 heterocycles. The van der Waals surface area contributed by atoms with E-state index in [1.165, 1.54) is 0 Å². The molecule has 2 amide bonds. The van der Waals surface area contributed by atoms with E-state index >= 15 is 0 Å². The van der Waals surface area contributed by atoms with Crippen LogP contribution < -0.4 is 0 Å². The van der Waals surface area contributed by atoms with Crippen LogP contribution in [0.15, 0.2) is 35.7 Å². The first-order valence-electron chi connectivity index (χ1n) is 18.9. The number of carbonyl (C=O) groups excluding carboxylic acids is 4. The molecule has 4 rings (SSSR count). The highest BCUT2D eigenvalue weighted by molar-refractivity contribution is 7.10. The largest absolute Gasteiger partial charge is 0.460 e. The number of hydrogen-bond donors (Lipinski definition) is 0. The summed E-state index contributed by atoms with van der Waals surface area (Å²) < 4.78 is 23.1. The lowest BCUT2D eigenvalue weighted by Gasteiger charge is -2.28. The van der Waals surface area contributed by atoms with Gasteiger partial charge in [0.25, 0.3) is 0 Å². The van der Waals surface area contributed by atoms with E-state index in [0.29, 0.717) is 51.9 Å². The van der Waals surface area contributed by atoms with Crippen molar-refractivity contribution in [3.05, 3.63) is 46.2 Å². The Morgan fingerprint density at radius 2 is 1.11 bits per heavy atom. The zero-order chi connectivity index (χ0) is 39.5. The van der Waals surface area contributed by atoms with E-state index in [2.05, 4.69) is 18.2 Å². The minimum Gasteiger partial charge on any atom is -0.460 e. The number of esters is 2. The van der Waals surface area contributed by atoms with E-state index in [1.807, 2.05) is 101 Å². The van der Waals surface area contributed by atoms with Crippen LogP contribution in [-0.2, 0) is 41.4 Å². The van der Waals surface area contributed by atoms with Crippen LogP contribution in [0.3, 0.4) is 0 Å². The molecule has 1 aromatic heterocycles. The highest BCUT2D eigenvalue weighted by atomic mass is 32.1. The Balaban J connectivity index is 1.57. The van der Waals surface area contributed by atoms with E-state index < -0.39 is 34.2 Å². The number of thiophene rings is 1. The van der Waals surface area contributed by atoms with Gasteiger partial charge < -0.3 is 28.7 Å². The number of benzene rings is 1. The first-order chi connectivity index (χ1) is 24.4. The molecule has 2 fully saturated rings. The maximum atomic E-state index is 13.8. The molecule has 10 nitrogen and oxygen atoms in total. The van der Waals surface area contributed by atoms with Crippen LogP contribution in [0.1, 0.15) is 106 Å². The SMILES string of the molecule is CC(C)(C)OC(=O)C(Cc1cccc(-c2ccsc2CC(C(=O)OC(C)(C)C)[C@H]2CCN(C(=O)OC(C)(C)C)C2)c1)[C@H]1CCN(C(=O)OC(C)(C)C)C1. The van der Waals surface area contributed by atoms with Gasteiger partial charge in [-0.3, -0.25) is 9.59 Å². The Hall–Kier alpha value is -3.60. The lowest BCUT2D eigenvalue weighted by atomic mass is 9.84. The molecule has 294 valence electrons. The van der Waals surface area contributed by atoms with Crippen molar-refractivity contribution in [3.8, 4) is 11.1 Å². The topological polar surface area (TPSA) is 112 Å². The van der Waals surface area contributed by atoms with Crippen LogP contribution in [0.5, 0.6) is 0 Å². The van der Waals surface area contributed by atoms with Crippen molar-refractivity contribution >= 4 is 35.5 Å². The molecule has 53 heavy (non-hydrogen) atoms. The molecule has 1 aromatic carbocycles. The van der Waals surface area contributed by atoms with Crippen molar-refractivity contribution in [3.63, 3.8) is 0 Å². The van der Waals surface area contributed by atoms with Crippen molar-refractivity contribution in [1.82, 2.24) is 9.80 Å². The molecule has 2 aliphatic heterocycles. The molecule has 0 radical (unpaired) electrons. The summed E-state index contributed by atoms with van der Waals surface area (Å²) in [6.45, 7) is 24.2. The molecule has 11 heteroatoms. The molecule has 4 atom stereocenters. The minimum absolute atomic E-state index is 0.0834. The zero-order valence-electron chi connectivity index (χ0n) is 34.0. The Labute approximate surface area is 320 Å². The number of hydrogen-bond acceptors (Lipinski definition) is 9. The number of ether oxygens (including phenoxy) is 4. The molecule has 0 spiro atoms. The molecule has 2 saturated heterocycles. The van der Waals surface area contributed by atoms with Gasteiger partial charge >= 0.3 is 24.1 Å². The van der Waals surface area contributed by atoms with Crippen molar-refractivity contribution < 1.29 is 38.1 Å². The van der Waals surface area contributed by atoms with Gasteiger partial charge in [0.1, 0.15) is 22.4 Å². The van der Waals surface area contributed by atoms with Gasteiger partial charge in [0.2, 0.25) is 0 Å². The summed E-state index contributed by atoms with van der Waals surface area (Å²) in [5.74, 6) is -1.61. The predicted octanol–water partition coefficient (Wildman–Crippen LogP) is 8.93. The van der Waals surface area contributed by atoms with Crippen molar-refractivity contribution in [2.24, 2.45) is 23.7 Å². The molecule has 2 aliphatic rings. The number of nitrogens with zero attached hydrogens (tertiary/aromatic N) is 2. The average molecular weight is 755 g/mol. The minimum atomic E-state index is -0.653. The van der Waals surface area contributed by atoms with Gasteiger partial charge in [-0.1, -0.05) is 24.3 Å². The van der Waals surface area contributed by atoms with Crippen LogP contribution in [-0.4, -0.2) is 82.5 Å².